The van der Waals surface area contributed by atoms with E-state index in [1.165, 1.54) is 6.33 Å². The normalized spacial score (nSPS) is 10.8. The zero-order valence-electron chi connectivity index (χ0n) is 9.98. The van der Waals surface area contributed by atoms with E-state index in [2.05, 4.69) is 19.9 Å². The van der Waals surface area contributed by atoms with Crippen LogP contribution in [0.5, 0.6) is 0 Å². The molecule has 0 aromatic carbocycles. The average molecular weight is 255 g/mol. The summed E-state index contributed by atoms with van der Waals surface area (Å²) in [6, 6.07) is 3.49. The number of hydrogen-bond acceptors (Lipinski definition) is 5. The molecule has 94 valence electrons. The van der Waals surface area contributed by atoms with Gasteiger partial charge in [-0.2, -0.15) is 0 Å². The lowest BCUT2D eigenvalue weighted by atomic mass is 10.3. The monoisotopic (exact) mass is 255 g/mol. The number of carboxylic acid groups (broad SMARTS) is 1. The Labute approximate surface area is 107 Å². The van der Waals surface area contributed by atoms with Crippen LogP contribution in [0.1, 0.15) is 16.2 Å². The molecule has 0 unspecified atom stereocenters. The van der Waals surface area contributed by atoms with Crippen molar-refractivity contribution >= 4 is 11.6 Å². The number of carbonyl (C=O) groups is 1. The maximum atomic E-state index is 11.1. The van der Waals surface area contributed by atoms with Crippen molar-refractivity contribution in [1.29, 1.82) is 0 Å². The van der Waals surface area contributed by atoms with Crippen molar-refractivity contribution < 1.29 is 9.90 Å². The number of aryl methyl sites for hydroxylation is 1. The fourth-order valence-corrected chi connectivity index (χ4v) is 1.82. The van der Waals surface area contributed by atoms with E-state index in [1.54, 1.807) is 28.9 Å². The minimum Gasteiger partial charge on any atom is -0.476 e. The van der Waals surface area contributed by atoms with Crippen LogP contribution < -0.4 is 0 Å². The molecule has 0 radical (unpaired) electrons. The van der Waals surface area contributed by atoms with Crippen molar-refractivity contribution in [3.63, 3.8) is 0 Å². The Hall–Kier alpha value is -2.83. The third kappa shape index (κ3) is 1.81. The first-order chi connectivity index (χ1) is 9.16. The number of carboxylic acids is 1. The molecule has 0 atom stereocenters. The summed E-state index contributed by atoms with van der Waals surface area (Å²) in [7, 11) is 0. The second-order valence-electron chi connectivity index (χ2n) is 3.95. The molecule has 0 aliphatic rings. The van der Waals surface area contributed by atoms with Gasteiger partial charge in [0.1, 0.15) is 12.0 Å². The molecule has 0 spiro atoms. The second kappa shape index (κ2) is 4.13. The molecule has 0 aliphatic carbocycles. The number of nitrogens with zero attached hydrogens (tertiary/aromatic N) is 5. The van der Waals surface area contributed by atoms with Gasteiger partial charge < -0.3 is 5.11 Å². The Morgan fingerprint density at radius 1 is 1.26 bits per heavy atom. The van der Waals surface area contributed by atoms with Crippen LogP contribution in [-0.4, -0.2) is 35.4 Å². The highest BCUT2D eigenvalue weighted by Crippen LogP contribution is 2.17. The van der Waals surface area contributed by atoms with E-state index in [0.29, 0.717) is 11.5 Å². The van der Waals surface area contributed by atoms with Gasteiger partial charge in [0.05, 0.1) is 0 Å². The summed E-state index contributed by atoms with van der Waals surface area (Å²) in [6.45, 7) is 1.84. The van der Waals surface area contributed by atoms with Gasteiger partial charge in [0.2, 0.25) is 0 Å². The number of hydrogen-bond donors (Lipinski definition) is 1. The SMILES string of the molecule is Cc1cc(-c2ncccn2)nc2c(C(=O)O)ncn12. The topological polar surface area (TPSA) is 93.3 Å². The smallest absolute Gasteiger partial charge is 0.358 e. The van der Waals surface area contributed by atoms with Crippen LogP contribution in [0.4, 0.5) is 0 Å². The highest BCUT2D eigenvalue weighted by molar-refractivity contribution is 5.92. The molecule has 0 aliphatic heterocycles. The van der Waals surface area contributed by atoms with Crippen molar-refractivity contribution in [3.8, 4) is 11.5 Å². The van der Waals surface area contributed by atoms with Crippen LogP contribution in [0.3, 0.4) is 0 Å². The molecular weight excluding hydrogens is 246 g/mol. The number of aromatic nitrogens is 5. The molecule has 0 amide bonds. The van der Waals surface area contributed by atoms with E-state index in [-0.39, 0.29) is 11.3 Å². The zero-order chi connectivity index (χ0) is 13.4. The lowest BCUT2D eigenvalue weighted by Gasteiger charge is -2.03. The second-order valence-corrected chi connectivity index (χ2v) is 3.95. The van der Waals surface area contributed by atoms with Gasteiger partial charge in [-0.1, -0.05) is 0 Å². The Morgan fingerprint density at radius 3 is 2.68 bits per heavy atom. The minimum absolute atomic E-state index is 0.0825. The molecule has 3 aromatic heterocycles. The predicted molar refractivity (Wildman–Crippen MR) is 65.7 cm³/mol. The van der Waals surface area contributed by atoms with Crippen molar-refractivity contribution in [2.75, 3.05) is 0 Å². The molecule has 19 heavy (non-hydrogen) atoms. The van der Waals surface area contributed by atoms with Crippen molar-refractivity contribution in [2.45, 2.75) is 6.92 Å². The summed E-state index contributed by atoms with van der Waals surface area (Å²) < 4.78 is 1.62. The van der Waals surface area contributed by atoms with E-state index in [0.717, 1.165) is 5.69 Å². The van der Waals surface area contributed by atoms with Gasteiger partial charge in [0.25, 0.3) is 0 Å². The highest BCUT2D eigenvalue weighted by Gasteiger charge is 2.16. The van der Waals surface area contributed by atoms with Crippen LogP contribution in [0, 0.1) is 6.92 Å². The first-order valence-corrected chi connectivity index (χ1v) is 5.52. The molecule has 7 nitrogen and oxygen atoms in total. The Kier molecular flexibility index (Phi) is 2.45. The molecule has 1 N–H and O–H groups in total. The maximum absolute atomic E-state index is 11.1. The zero-order valence-corrected chi connectivity index (χ0v) is 9.98. The molecule has 3 heterocycles. The van der Waals surface area contributed by atoms with Crippen LogP contribution in [-0.2, 0) is 0 Å². The van der Waals surface area contributed by atoms with Gasteiger partial charge >= 0.3 is 5.97 Å². The van der Waals surface area contributed by atoms with E-state index in [1.807, 2.05) is 6.92 Å². The Balaban J connectivity index is 2.28. The molecule has 0 bridgehead atoms. The highest BCUT2D eigenvalue weighted by atomic mass is 16.4. The standard InChI is InChI=1S/C12H9N5O2/c1-7-5-8(10-13-3-2-4-14-10)16-11-9(12(18)19)15-6-17(7)11/h2-6H,1H3,(H,18,19). The van der Waals surface area contributed by atoms with Gasteiger partial charge in [-0.3, -0.25) is 4.40 Å². The van der Waals surface area contributed by atoms with Crippen molar-refractivity contribution in [3.05, 3.63) is 42.2 Å². The number of fused-ring (bicyclic) bond motifs is 1. The molecular formula is C12H9N5O2. The van der Waals surface area contributed by atoms with E-state index >= 15 is 0 Å². The van der Waals surface area contributed by atoms with Crippen LogP contribution >= 0.6 is 0 Å². The number of imidazole rings is 1. The molecule has 0 fully saturated rings. The summed E-state index contributed by atoms with van der Waals surface area (Å²) in [5.41, 5.74) is 1.54. The first kappa shape index (κ1) is 11.3. The van der Waals surface area contributed by atoms with E-state index < -0.39 is 5.97 Å². The summed E-state index contributed by atoms with van der Waals surface area (Å²) in [5, 5.41) is 9.08. The fraction of sp³-hybridized carbons (Fsp3) is 0.0833. The summed E-state index contributed by atoms with van der Waals surface area (Å²) in [5.74, 6) is -0.661. The van der Waals surface area contributed by atoms with Gasteiger partial charge in [0, 0.05) is 18.1 Å². The molecule has 7 heteroatoms. The van der Waals surface area contributed by atoms with Crippen LogP contribution in [0.25, 0.3) is 17.2 Å². The summed E-state index contributed by atoms with van der Waals surface area (Å²) >= 11 is 0. The molecule has 3 aromatic rings. The number of aromatic carboxylic acids is 1. The van der Waals surface area contributed by atoms with Crippen LogP contribution in [0.2, 0.25) is 0 Å². The number of rotatable bonds is 2. The van der Waals surface area contributed by atoms with Gasteiger partial charge in [-0.05, 0) is 19.1 Å². The Bertz CT molecular complexity index is 766. The molecule has 0 saturated heterocycles. The largest absolute Gasteiger partial charge is 0.476 e. The van der Waals surface area contributed by atoms with Crippen molar-refractivity contribution in [2.24, 2.45) is 0 Å². The molecule has 3 rings (SSSR count). The van der Waals surface area contributed by atoms with Gasteiger partial charge in [0.15, 0.2) is 17.2 Å². The first-order valence-electron chi connectivity index (χ1n) is 5.52. The lowest BCUT2D eigenvalue weighted by Crippen LogP contribution is -2.02. The lowest BCUT2D eigenvalue weighted by molar-refractivity contribution is 0.0693. The van der Waals surface area contributed by atoms with E-state index in [9.17, 15) is 4.79 Å². The molecule has 0 saturated carbocycles. The van der Waals surface area contributed by atoms with Crippen molar-refractivity contribution in [1.82, 2.24) is 24.3 Å². The predicted octanol–water partition coefficient (Wildman–Crippen LogP) is 1.19. The Morgan fingerprint density at radius 2 is 2.00 bits per heavy atom. The summed E-state index contributed by atoms with van der Waals surface area (Å²) in [4.78, 5) is 27.4. The van der Waals surface area contributed by atoms with Gasteiger partial charge in [-0.25, -0.2) is 24.7 Å². The van der Waals surface area contributed by atoms with E-state index in [4.69, 9.17) is 5.11 Å². The average Bonchev–Trinajstić information content (AvgIpc) is 2.84. The minimum atomic E-state index is -1.11. The quantitative estimate of drug-likeness (QED) is 0.739. The fourth-order valence-electron chi connectivity index (χ4n) is 1.82. The third-order valence-corrected chi connectivity index (χ3v) is 2.69. The maximum Gasteiger partial charge on any atom is 0.358 e. The summed E-state index contributed by atoms with van der Waals surface area (Å²) in [6.07, 6.45) is 4.66. The third-order valence-electron chi connectivity index (χ3n) is 2.69. The van der Waals surface area contributed by atoms with Gasteiger partial charge in [-0.15, -0.1) is 0 Å². The van der Waals surface area contributed by atoms with Crippen LogP contribution in [0.15, 0.2) is 30.9 Å².